The Morgan fingerprint density at radius 2 is 1.56 bits per heavy atom. The fourth-order valence-electron chi connectivity index (χ4n) is 8.50. The molecule has 252 valence electrons. The number of rotatable bonds is 7. The van der Waals surface area contributed by atoms with E-state index in [1.54, 1.807) is 17.3 Å². The van der Waals surface area contributed by atoms with Crippen LogP contribution in [-0.4, -0.2) is 65.7 Å². The van der Waals surface area contributed by atoms with Crippen LogP contribution in [0.3, 0.4) is 0 Å². The molecular weight excluding hydrogens is 613 g/mol. The SMILES string of the molecule is C[C@@H](NC(=O)c1cncc(C2CCN(C(=O)C3CCC(F)(F)C3)CC2)c1)c1ccc(C(=C2CC3(C2)CN(C)C3)c2ccc(F)cc2)cc1. The lowest BCUT2D eigenvalue weighted by Crippen LogP contribution is -2.58. The minimum Gasteiger partial charge on any atom is -0.345 e. The van der Waals surface area contributed by atoms with Crippen LogP contribution in [-0.2, 0) is 4.79 Å². The van der Waals surface area contributed by atoms with Gasteiger partial charge in [0, 0.05) is 62.7 Å². The van der Waals surface area contributed by atoms with E-state index in [4.69, 9.17) is 0 Å². The van der Waals surface area contributed by atoms with E-state index in [0.29, 0.717) is 36.9 Å². The Morgan fingerprint density at radius 1 is 0.917 bits per heavy atom. The molecule has 48 heavy (non-hydrogen) atoms. The summed E-state index contributed by atoms with van der Waals surface area (Å²) in [5.41, 5.74) is 7.48. The molecule has 1 spiro atoms. The predicted octanol–water partition coefficient (Wildman–Crippen LogP) is 7.38. The molecule has 2 aromatic carbocycles. The van der Waals surface area contributed by atoms with Gasteiger partial charge in [0.15, 0.2) is 0 Å². The third-order valence-corrected chi connectivity index (χ3v) is 11.0. The summed E-state index contributed by atoms with van der Waals surface area (Å²) in [6.45, 7) is 5.24. The van der Waals surface area contributed by atoms with Gasteiger partial charge in [0.25, 0.3) is 5.91 Å². The number of pyridine rings is 1. The first-order valence-electron chi connectivity index (χ1n) is 17.2. The number of piperidine rings is 1. The first kappa shape index (κ1) is 32.6. The van der Waals surface area contributed by atoms with Crippen LogP contribution >= 0.6 is 0 Å². The van der Waals surface area contributed by atoms with Gasteiger partial charge in [-0.25, -0.2) is 13.2 Å². The van der Waals surface area contributed by atoms with Crippen LogP contribution < -0.4 is 5.32 Å². The standard InChI is InChI=1S/C39H43F3N4O2/c1-25(26-3-5-28(6-4-26)35(29-7-9-34(40)10-8-29)33-18-38(19-33)23-45(2)24-38)44-36(47)32-17-31(21-43-22-32)27-12-15-46(16-13-27)37(48)30-11-14-39(41,42)20-30/h3-10,17,21-22,25,27,30H,11-16,18-20,23-24H2,1-2H3,(H,44,47)/t25-,30?/m1/s1. The molecular formula is C39H43F3N4O2. The topological polar surface area (TPSA) is 65.5 Å². The van der Waals surface area contributed by atoms with Crippen LogP contribution in [0.5, 0.6) is 0 Å². The van der Waals surface area contributed by atoms with Crippen LogP contribution in [0, 0.1) is 17.2 Å². The molecule has 9 heteroatoms. The summed E-state index contributed by atoms with van der Waals surface area (Å²) in [5.74, 6) is -3.78. The summed E-state index contributed by atoms with van der Waals surface area (Å²) in [6, 6.07) is 16.7. The number of halogens is 3. The van der Waals surface area contributed by atoms with Crippen LogP contribution in [0.4, 0.5) is 13.2 Å². The van der Waals surface area contributed by atoms with Crippen molar-refractivity contribution in [3.63, 3.8) is 0 Å². The number of aromatic nitrogens is 1. The minimum absolute atomic E-state index is 0.143. The summed E-state index contributed by atoms with van der Waals surface area (Å²) in [6.07, 6.45) is 6.58. The zero-order chi connectivity index (χ0) is 33.6. The number of carbonyl (C=O) groups excluding carboxylic acids is 2. The normalized spacial score (nSPS) is 22.6. The van der Waals surface area contributed by atoms with Crippen LogP contribution in [0.1, 0.15) is 96.4 Å². The fourth-order valence-corrected chi connectivity index (χ4v) is 8.50. The zero-order valence-electron chi connectivity index (χ0n) is 27.7. The number of likely N-dealkylation sites (tertiary alicyclic amines) is 2. The van der Waals surface area contributed by atoms with E-state index in [2.05, 4.69) is 34.4 Å². The maximum atomic E-state index is 13.8. The molecule has 1 aromatic heterocycles. The largest absolute Gasteiger partial charge is 0.345 e. The minimum atomic E-state index is -2.73. The number of nitrogens with one attached hydrogen (secondary N) is 1. The predicted molar refractivity (Wildman–Crippen MR) is 179 cm³/mol. The van der Waals surface area contributed by atoms with Crippen molar-refractivity contribution < 1.29 is 22.8 Å². The van der Waals surface area contributed by atoms with Gasteiger partial charge < -0.3 is 15.1 Å². The van der Waals surface area contributed by atoms with Gasteiger partial charge in [-0.15, -0.1) is 0 Å². The van der Waals surface area contributed by atoms with Crippen molar-refractivity contribution in [3.8, 4) is 0 Å². The number of hydrogen-bond acceptors (Lipinski definition) is 4. The molecule has 4 fully saturated rings. The number of amides is 2. The highest BCUT2D eigenvalue weighted by atomic mass is 19.3. The van der Waals surface area contributed by atoms with E-state index < -0.39 is 11.8 Å². The molecule has 2 aliphatic heterocycles. The molecule has 2 aliphatic carbocycles. The lowest BCUT2D eigenvalue weighted by atomic mass is 9.59. The quantitative estimate of drug-likeness (QED) is 0.288. The summed E-state index contributed by atoms with van der Waals surface area (Å²) in [7, 11) is 2.15. The second-order valence-electron chi connectivity index (χ2n) is 14.7. The summed E-state index contributed by atoms with van der Waals surface area (Å²) in [5, 5.41) is 3.11. The Kier molecular flexibility index (Phi) is 8.69. The van der Waals surface area contributed by atoms with Crippen molar-refractivity contribution in [1.82, 2.24) is 20.1 Å². The Hall–Kier alpha value is -3.98. The lowest BCUT2D eigenvalue weighted by Gasteiger charge is -2.56. The van der Waals surface area contributed by atoms with Gasteiger partial charge in [-0.3, -0.25) is 14.6 Å². The average molecular weight is 657 g/mol. The van der Waals surface area contributed by atoms with Crippen molar-refractivity contribution in [2.45, 2.75) is 69.8 Å². The first-order chi connectivity index (χ1) is 23.0. The highest BCUT2D eigenvalue weighted by molar-refractivity contribution is 5.94. The molecule has 0 radical (unpaired) electrons. The van der Waals surface area contributed by atoms with Crippen LogP contribution in [0.2, 0.25) is 0 Å². The molecule has 0 bridgehead atoms. The monoisotopic (exact) mass is 656 g/mol. The van der Waals surface area contributed by atoms with Gasteiger partial charge in [-0.05, 0) is 98.0 Å². The van der Waals surface area contributed by atoms with Crippen molar-refractivity contribution >= 4 is 17.4 Å². The molecule has 7 rings (SSSR count). The van der Waals surface area contributed by atoms with Gasteiger partial charge in [0.2, 0.25) is 11.8 Å². The van der Waals surface area contributed by atoms with Gasteiger partial charge >= 0.3 is 0 Å². The zero-order valence-corrected chi connectivity index (χ0v) is 27.7. The van der Waals surface area contributed by atoms with E-state index in [-0.39, 0.29) is 48.9 Å². The lowest BCUT2D eigenvalue weighted by molar-refractivity contribution is -0.137. The van der Waals surface area contributed by atoms with Crippen molar-refractivity contribution in [1.29, 1.82) is 0 Å². The van der Waals surface area contributed by atoms with E-state index in [0.717, 1.165) is 48.2 Å². The molecule has 2 atom stereocenters. The fraction of sp³-hybridized carbons (Fsp3) is 0.462. The summed E-state index contributed by atoms with van der Waals surface area (Å²) in [4.78, 5) is 34.6. The molecule has 4 aliphatic rings. The molecule has 2 saturated heterocycles. The maximum absolute atomic E-state index is 13.8. The number of benzene rings is 2. The Bertz CT molecular complexity index is 1700. The number of hydrogen-bond donors (Lipinski definition) is 1. The number of nitrogens with zero attached hydrogens (tertiary/aromatic N) is 3. The third kappa shape index (κ3) is 6.66. The Balaban J connectivity index is 0.982. The number of allylic oxidation sites excluding steroid dienone is 1. The highest BCUT2D eigenvalue weighted by Gasteiger charge is 2.49. The van der Waals surface area contributed by atoms with E-state index in [9.17, 15) is 22.8 Å². The van der Waals surface area contributed by atoms with Crippen molar-refractivity contribution in [2.24, 2.45) is 11.3 Å². The van der Waals surface area contributed by atoms with E-state index >= 15 is 0 Å². The average Bonchev–Trinajstić information content (AvgIpc) is 3.43. The highest BCUT2D eigenvalue weighted by Crippen LogP contribution is 2.54. The molecule has 3 heterocycles. The summed E-state index contributed by atoms with van der Waals surface area (Å²) < 4.78 is 41.1. The number of alkyl halides is 2. The van der Waals surface area contributed by atoms with Gasteiger partial charge in [-0.2, -0.15) is 0 Å². The van der Waals surface area contributed by atoms with Gasteiger partial charge in [0.05, 0.1) is 11.6 Å². The van der Waals surface area contributed by atoms with Crippen LogP contribution in [0.25, 0.3) is 5.57 Å². The molecule has 6 nitrogen and oxygen atoms in total. The summed E-state index contributed by atoms with van der Waals surface area (Å²) >= 11 is 0. The molecule has 1 N–H and O–H groups in total. The van der Waals surface area contributed by atoms with Crippen LogP contribution in [0.15, 0.2) is 72.6 Å². The van der Waals surface area contributed by atoms with Crippen molar-refractivity contribution in [3.05, 3.63) is 106 Å². The van der Waals surface area contributed by atoms with E-state index in [1.165, 1.54) is 23.3 Å². The maximum Gasteiger partial charge on any atom is 0.253 e. The Labute approximate surface area is 280 Å². The molecule has 3 aromatic rings. The smallest absolute Gasteiger partial charge is 0.253 e. The van der Waals surface area contributed by atoms with Gasteiger partial charge in [0.1, 0.15) is 5.82 Å². The number of carbonyl (C=O) groups is 2. The first-order valence-corrected chi connectivity index (χ1v) is 17.2. The van der Waals surface area contributed by atoms with Crippen molar-refractivity contribution in [2.75, 3.05) is 33.2 Å². The molecule has 2 saturated carbocycles. The molecule has 1 unspecified atom stereocenters. The Morgan fingerprint density at radius 3 is 2.17 bits per heavy atom. The van der Waals surface area contributed by atoms with Gasteiger partial charge in [-0.1, -0.05) is 42.0 Å². The third-order valence-electron chi connectivity index (χ3n) is 11.0. The second-order valence-corrected chi connectivity index (χ2v) is 14.7. The second kappa shape index (κ2) is 12.8. The van der Waals surface area contributed by atoms with E-state index in [1.807, 2.05) is 37.3 Å². The molecule has 2 amide bonds.